The average Bonchev–Trinajstić information content (AvgIpc) is 1.80. The van der Waals surface area contributed by atoms with E-state index in [1.54, 1.807) is 0 Å². The molecule has 0 saturated carbocycles. The van der Waals surface area contributed by atoms with Gasteiger partial charge in [-0.3, -0.25) is 0 Å². The zero-order chi connectivity index (χ0) is 6.85. The van der Waals surface area contributed by atoms with E-state index in [9.17, 15) is 8.78 Å². The lowest BCUT2D eigenvalue weighted by Gasteiger charge is -1.90. The quantitative estimate of drug-likeness (QED) is 0.483. The van der Waals surface area contributed by atoms with Gasteiger partial charge in [-0.05, 0) is 40.8 Å². The van der Waals surface area contributed by atoms with Crippen LogP contribution >= 0.6 is 22.6 Å². The van der Waals surface area contributed by atoms with Crippen LogP contribution in [0.3, 0.4) is 0 Å². The molecular formula is C6H3F2I. The van der Waals surface area contributed by atoms with Crippen LogP contribution in [0.2, 0.25) is 0 Å². The molecule has 1 aromatic carbocycles. The second-order valence-corrected chi connectivity index (χ2v) is 2.80. The first kappa shape index (κ1) is 6.92. The molecule has 0 spiro atoms. The highest BCUT2D eigenvalue weighted by molar-refractivity contribution is 14.1. The molecule has 0 heterocycles. The first-order valence-electron chi connectivity index (χ1n) is 2.30. The van der Waals surface area contributed by atoms with Crippen molar-refractivity contribution in [2.45, 2.75) is 0 Å². The molecule has 48 valence electrons. The van der Waals surface area contributed by atoms with E-state index in [1.165, 1.54) is 6.07 Å². The first-order chi connectivity index (χ1) is 4.20. The van der Waals surface area contributed by atoms with Crippen molar-refractivity contribution in [1.29, 1.82) is 0 Å². The standard InChI is InChI=1S/C6H3F2I/c7-5-2-1-4(9)3-6(5)8/h1-3H. The Hall–Kier alpha value is -0.190. The molecule has 0 unspecified atom stereocenters. The third-order valence-electron chi connectivity index (χ3n) is 0.882. The fraction of sp³-hybridized carbons (Fsp3) is 0. The third kappa shape index (κ3) is 1.61. The largest absolute Gasteiger partial charge is 0.204 e. The molecule has 0 atom stereocenters. The Kier molecular flexibility index (Phi) is 2.00. The van der Waals surface area contributed by atoms with Crippen molar-refractivity contribution in [2.24, 2.45) is 0 Å². The summed E-state index contributed by atoms with van der Waals surface area (Å²) >= 11 is 1.92. The van der Waals surface area contributed by atoms with Gasteiger partial charge in [0, 0.05) is 3.57 Å². The van der Waals surface area contributed by atoms with Gasteiger partial charge in [-0.25, -0.2) is 8.78 Å². The minimum atomic E-state index is -0.796. The van der Waals surface area contributed by atoms with Crippen LogP contribution in [0.4, 0.5) is 8.78 Å². The van der Waals surface area contributed by atoms with E-state index in [4.69, 9.17) is 0 Å². The van der Waals surface area contributed by atoms with Gasteiger partial charge in [0.05, 0.1) is 0 Å². The molecule has 0 aliphatic rings. The summed E-state index contributed by atoms with van der Waals surface area (Å²) in [6, 6.07) is 3.77. The van der Waals surface area contributed by atoms with E-state index in [2.05, 4.69) is 0 Å². The van der Waals surface area contributed by atoms with Gasteiger partial charge in [0.2, 0.25) is 0 Å². The van der Waals surface area contributed by atoms with E-state index >= 15 is 0 Å². The molecule has 0 radical (unpaired) electrons. The smallest absolute Gasteiger partial charge is 0.159 e. The highest BCUT2D eigenvalue weighted by atomic mass is 127. The van der Waals surface area contributed by atoms with Crippen LogP contribution in [-0.4, -0.2) is 0 Å². The second kappa shape index (κ2) is 2.60. The fourth-order valence-electron chi connectivity index (χ4n) is 0.470. The number of rotatable bonds is 0. The Bertz CT molecular complexity index is 222. The molecular weight excluding hydrogens is 237 g/mol. The zero-order valence-corrected chi connectivity index (χ0v) is 6.52. The molecule has 9 heavy (non-hydrogen) atoms. The van der Waals surface area contributed by atoms with E-state index in [0.29, 0.717) is 3.57 Å². The van der Waals surface area contributed by atoms with Gasteiger partial charge in [0.1, 0.15) is 0 Å². The van der Waals surface area contributed by atoms with Gasteiger partial charge in [-0.1, -0.05) is 0 Å². The summed E-state index contributed by atoms with van der Waals surface area (Å²) in [7, 11) is 0. The van der Waals surface area contributed by atoms with Gasteiger partial charge in [0.15, 0.2) is 11.6 Å². The van der Waals surface area contributed by atoms with E-state index in [0.717, 1.165) is 12.1 Å². The number of hydrogen-bond donors (Lipinski definition) is 0. The Morgan fingerprint density at radius 3 is 2.22 bits per heavy atom. The van der Waals surface area contributed by atoms with Gasteiger partial charge >= 0.3 is 0 Å². The Morgan fingerprint density at radius 2 is 1.78 bits per heavy atom. The highest BCUT2D eigenvalue weighted by Gasteiger charge is 1.98. The number of halogens is 3. The topological polar surface area (TPSA) is 0 Å². The van der Waals surface area contributed by atoms with Crippen molar-refractivity contribution < 1.29 is 8.78 Å². The van der Waals surface area contributed by atoms with Crippen molar-refractivity contribution >= 4 is 22.6 Å². The molecule has 0 nitrogen and oxygen atoms in total. The summed E-state index contributed by atoms with van der Waals surface area (Å²) < 4.78 is 25.0. The lowest BCUT2D eigenvalue weighted by Crippen LogP contribution is -1.82. The SMILES string of the molecule is Fc1ccc(I)cc1F. The Labute approximate surface area is 65.0 Å². The van der Waals surface area contributed by atoms with Crippen LogP contribution in [0.15, 0.2) is 18.2 Å². The van der Waals surface area contributed by atoms with E-state index in [1.807, 2.05) is 22.6 Å². The highest BCUT2D eigenvalue weighted by Crippen LogP contribution is 2.09. The molecule has 0 fully saturated rings. The summed E-state index contributed by atoms with van der Waals surface area (Å²) in [6.45, 7) is 0. The Morgan fingerprint density at radius 1 is 1.11 bits per heavy atom. The maximum atomic E-state index is 12.2. The zero-order valence-electron chi connectivity index (χ0n) is 4.37. The van der Waals surface area contributed by atoms with E-state index in [-0.39, 0.29) is 0 Å². The van der Waals surface area contributed by atoms with Crippen molar-refractivity contribution in [2.75, 3.05) is 0 Å². The molecule has 3 heteroatoms. The Balaban J connectivity index is 3.17. The van der Waals surface area contributed by atoms with E-state index < -0.39 is 11.6 Å². The van der Waals surface area contributed by atoms with Crippen molar-refractivity contribution in [3.8, 4) is 0 Å². The molecule has 0 amide bonds. The van der Waals surface area contributed by atoms with Crippen molar-refractivity contribution in [1.82, 2.24) is 0 Å². The summed E-state index contributed by atoms with van der Waals surface area (Å²) in [5, 5.41) is 0. The van der Waals surface area contributed by atoms with Crippen molar-refractivity contribution in [3.05, 3.63) is 33.4 Å². The predicted molar refractivity (Wildman–Crippen MR) is 39.1 cm³/mol. The summed E-state index contributed by atoms with van der Waals surface area (Å²) in [5.41, 5.74) is 0. The molecule has 0 bridgehead atoms. The van der Waals surface area contributed by atoms with Gasteiger partial charge in [-0.15, -0.1) is 0 Å². The molecule has 0 saturated heterocycles. The molecule has 1 aromatic rings. The molecule has 0 N–H and O–H groups in total. The van der Waals surface area contributed by atoms with Crippen LogP contribution in [0.1, 0.15) is 0 Å². The van der Waals surface area contributed by atoms with Crippen LogP contribution < -0.4 is 0 Å². The molecule has 0 aliphatic carbocycles. The molecule has 1 rings (SSSR count). The normalized spacial score (nSPS) is 9.67. The monoisotopic (exact) mass is 240 g/mol. The second-order valence-electron chi connectivity index (χ2n) is 1.56. The number of benzene rings is 1. The summed E-state index contributed by atoms with van der Waals surface area (Å²) in [4.78, 5) is 0. The predicted octanol–water partition coefficient (Wildman–Crippen LogP) is 2.57. The maximum absolute atomic E-state index is 12.2. The van der Waals surface area contributed by atoms with Crippen molar-refractivity contribution in [3.63, 3.8) is 0 Å². The summed E-state index contributed by atoms with van der Waals surface area (Å²) in [6.07, 6.45) is 0. The maximum Gasteiger partial charge on any atom is 0.159 e. The van der Waals surface area contributed by atoms with Gasteiger partial charge in [0.25, 0.3) is 0 Å². The summed E-state index contributed by atoms with van der Waals surface area (Å²) in [5.74, 6) is -1.59. The number of hydrogen-bond acceptors (Lipinski definition) is 0. The first-order valence-corrected chi connectivity index (χ1v) is 3.38. The third-order valence-corrected chi connectivity index (χ3v) is 1.55. The lowest BCUT2D eigenvalue weighted by atomic mass is 10.3. The van der Waals surface area contributed by atoms with Gasteiger partial charge < -0.3 is 0 Å². The van der Waals surface area contributed by atoms with Gasteiger partial charge in [-0.2, -0.15) is 0 Å². The van der Waals surface area contributed by atoms with Crippen LogP contribution in [0, 0.1) is 15.2 Å². The minimum Gasteiger partial charge on any atom is -0.204 e. The van der Waals surface area contributed by atoms with Crippen LogP contribution in [0.5, 0.6) is 0 Å². The molecule has 0 aromatic heterocycles. The van der Waals surface area contributed by atoms with Crippen LogP contribution in [0.25, 0.3) is 0 Å². The average molecular weight is 240 g/mol. The lowest BCUT2D eigenvalue weighted by molar-refractivity contribution is 0.508. The molecule has 0 aliphatic heterocycles. The minimum absolute atomic E-state index is 0.700. The van der Waals surface area contributed by atoms with Crippen LogP contribution in [-0.2, 0) is 0 Å². The fourth-order valence-corrected chi connectivity index (χ4v) is 0.924.